The largest absolute Gasteiger partial charge is 0.480 e. The van der Waals surface area contributed by atoms with Gasteiger partial charge in [-0.25, -0.2) is 0 Å². The number of aliphatic hydroxyl groups is 2. The van der Waals surface area contributed by atoms with Gasteiger partial charge in [-0.2, -0.15) is 11.8 Å². The Morgan fingerprint density at radius 3 is 1.89 bits per heavy atom. The lowest BCUT2D eigenvalue weighted by Crippen LogP contribution is -2.62. The van der Waals surface area contributed by atoms with E-state index in [9.17, 15) is 48.6 Å². The van der Waals surface area contributed by atoms with Crippen LogP contribution >= 0.6 is 11.8 Å². The number of nitrogens with one attached hydrogen (secondary N) is 6. The van der Waals surface area contributed by atoms with E-state index in [4.69, 9.17) is 10.8 Å². The highest BCUT2D eigenvalue weighted by Gasteiger charge is 2.39. The molecule has 1 aliphatic rings. The molecule has 1 heterocycles. The van der Waals surface area contributed by atoms with E-state index in [-0.39, 0.29) is 30.6 Å². The molecule has 0 aromatic heterocycles. The van der Waals surface area contributed by atoms with Crippen molar-refractivity contribution >= 4 is 59.1 Å². The summed E-state index contributed by atoms with van der Waals surface area (Å²) in [5, 5.41) is 44.3. The first-order valence-electron chi connectivity index (χ1n) is 19.1. The number of rotatable bonds is 24. The van der Waals surface area contributed by atoms with E-state index in [0.717, 1.165) is 0 Å². The van der Waals surface area contributed by atoms with Crippen molar-refractivity contribution < 1.29 is 53.7 Å². The van der Waals surface area contributed by atoms with Gasteiger partial charge < -0.3 is 57.9 Å². The Hall–Kier alpha value is -4.01. The molecule has 56 heavy (non-hydrogen) atoms. The second kappa shape index (κ2) is 24.6. The molecule has 1 rings (SSSR count). The van der Waals surface area contributed by atoms with Crippen LogP contribution in [0.3, 0.4) is 0 Å². The van der Waals surface area contributed by atoms with Crippen LogP contribution in [0.25, 0.3) is 0 Å². The van der Waals surface area contributed by atoms with E-state index in [1.807, 2.05) is 13.8 Å². The number of hydrogen-bond acceptors (Lipinski definition) is 12. The van der Waals surface area contributed by atoms with Gasteiger partial charge in [0.25, 0.3) is 0 Å². The zero-order valence-electron chi connectivity index (χ0n) is 33.8. The molecule has 0 radical (unpaired) electrons. The van der Waals surface area contributed by atoms with Crippen LogP contribution in [0.5, 0.6) is 0 Å². The number of hydrogen-bond donors (Lipinski definition) is 10. The number of nitrogens with zero attached hydrogens (tertiary/aromatic N) is 1. The second-order valence-corrected chi connectivity index (χ2v) is 15.9. The van der Waals surface area contributed by atoms with Gasteiger partial charge >= 0.3 is 5.97 Å². The molecule has 0 aromatic rings. The lowest BCUT2D eigenvalue weighted by Gasteiger charge is -2.31. The molecule has 0 spiro atoms. The number of likely N-dealkylation sites (tertiary alicyclic amines) is 1. The van der Waals surface area contributed by atoms with Gasteiger partial charge in [-0.3, -0.25) is 38.4 Å². The van der Waals surface area contributed by atoms with Crippen LogP contribution in [-0.4, -0.2) is 148 Å². The molecule has 20 heteroatoms. The quantitative estimate of drug-likeness (QED) is 0.0496. The van der Waals surface area contributed by atoms with Crippen molar-refractivity contribution in [3.63, 3.8) is 0 Å². The summed E-state index contributed by atoms with van der Waals surface area (Å²) in [6, 6.07) is -8.47. The van der Waals surface area contributed by atoms with Gasteiger partial charge in [0.15, 0.2) is 0 Å². The lowest BCUT2D eigenvalue weighted by molar-refractivity contribution is -0.141. The van der Waals surface area contributed by atoms with Gasteiger partial charge in [0.05, 0.1) is 18.8 Å². The molecule has 0 unspecified atom stereocenters. The SMILES string of the molecule is CC[C@H](C)[C@H](NC(=O)[C@H](CO)NC(=O)[C@H](CC(C)C)NC(=O)[C@@H]1CCCN1C(=O)[C@@H](N)C(C)C)C(=O)N[C@H](C(=O)N[C@@H](CCSC)C(=O)NCC(=O)O)[C@@H](C)O. The maximum Gasteiger partial charge on any atom is 0.322 e. The summed E-state index contributed by atoms with van der Waals surface area (Å²) < 4.78 is 0. The minimum Gasteiger partial charge on any atom is -0.480 e. The van der Waals surface area contributed by atoms with Crippen LogP contribution in [0, 0.1) is 17.8 Å². The van der Waals surface area contributed by atoms with Crippen molar-refractivity contribution in [1.29, 1.82) is 0 Å². The van der Waals surface area contributed by atoms with Gasteiger partial charge in [-0.05, 0) is 62.4 Å². The van der Waals surface area contributed by atoms with E-state index >= 15 is 0 Å². The van der Waals surface area contributed by atoms with Gasteiger partial charge in [-0.15, -0.1) is 0 Å². The summed E-state index contributed by atoms with van der Waals surface area (Å²) in [6.45, 7) is 10.6. The Kier molecular flexibility index (Phi) is 22.0. The molecule has 0 aromatic carbocycles. The summed E-state index contributed by atoms with van der Waals surface area (Å²) in [7, 11) is 0. The van der Waals surface area contributed by atoms with Crippen LogP contribution in [0.2, 0.25) is 0 Å². The zero-order chi connectivity index (χ0) is 42.9. The van der Waals surface area contributed by atoms with Gasteiger partial charge in [0, 0.05) is 6.54 Å². The Morgan fingerprint density at radius 1 is 0.804 bits per heavy atom. The number of thioether (sulfide) groups is 1. The molecule has 320 valence electrons. The van der Waals surface area contributed by atoms with Crippen LogP contribution in [0.4, 0.5) is 0 Å². The normalized spacial score (nSPS) is 18.4. The number of carbonyl (C=O) groups is 8. The number of aliphatic hydroxyl groups excluding tert-OH is 2. The first-order valence-corrected chi connectivity index (χ1v) is 20.4. The number of carboxylic acid groups (broad SMARTS) is 1. The van der Waals surface area contributed by atoms with Crippen molar-refractivity contribution in [2.45, 2.75) is 129 Å². The molecule has 1 fully saturated rings. The topological polar surface area (TPSA) is 299 Å². The Morgan fingerprint density at radius 2 is 1.38 bits per heavy atom. The summed E-state index contributed by atoms with van der Waals surface area (Å²) in [4.78, 5) is 105. The third-order valence-electron chi connectivity index (χ3n) is 9.51. The fourth-order valence-electron chi connectivity index (χ4n) is 5.87. The summed E-state index contributed by atoms with van der Waals surface area (Å²) >= 11 is 1.37. The van der Waals surface area contributed by atoms with Crippen molar-refractivity contribution in [2.75, 3.05) is 31.7 Å². The van der Waals surface area contributed by atoms with Gasteiger partial charge in [-0.1, -0.05) is 48.0 Å². The van der Waals surface area contributed by atoms with Crippen molar-refractivity contribution in [3.8, 4) is 0 Å². The molecule has 1 saturated heterocycles. The monoisotopic (exact) mass is 816 g/mol. The number of amides is 7. The molecule has 19 nitrogen and oxygen atoms in total. The molecule has 0 aliphatic carbocycles. The van der Waals surface area contributed by atoms with E-state index < -0.39 is 109 Å². The fourth-order valence-corrected chi connectivity index (χ4v) is 6.34. The highest BCUT2D eigenvalue weighted by Crippen LogP contribution is 2.20. The average Bonchev–Trinajstić information content (AvgIpc) is 3.64. The van der Waals surface area contributed by atoms with Crippen LogP contribution in [0.1, 0.15) is 80.6 Å². The Labute approximate surface area is 333 Å². The minimum absolute atomic E-state index is 0.0967. The Balaban J connectivity index is 3.16. The highest BCUT2D eigenvalue weighted by molar-refractivity contribution is 7.98. The van der Waals surface area contributed by atoms with Crippen molar-refractivity contribution in [1.82, 2.24) is 36.8 Å². The smallest absolute Gasteiger partial charge is 0.322 e. The Bertz CT molecular complexity index is 1370. The van der Waals surface area contributed by atoms with Gasteiger partial charge in [0.1, 0.15) is 42.8 Å². The summed E-state index contributed by atoms with van der Waals surface area (Å²) in [5.41, 5.74) is 6.07. The molecule has 11 N–H and O–H groups in total. The number of carboxylic acids is 1. The lowest BCUT2D eigenvalue weighted by atomic mass is 9.97. The fraction of sp³-hybridized carbons (Fsp3) is 0.778. The van der Waals surface area contributed by atoms with E-state index in [1.54, 1.807) is 34.0 Å². The predicted molar refractivity (Wildman–Crippen MR) is 209 cm³/mol. The molecule has 1 aliphatic heterocycles. The highest BCUT2D eigenvalue weighted by atomic mass is 32.2. The molecule has 9 atom stereocenters. The molecule has 7 amide bonds. The second-order valence-electron chi connectivity index (χ2n) is 14.9. The maximum absolute atomic E-state index is 13.6. The van der Waals surface area contributed by atoms with E-state index in [0.29, 0.717) is 31.6 Å². The van der Waals surface area contributed by atoms with Crippen LogP contribution < -0.4 is 37.6 Å². The molecular weight excluding hydrogens is 753 g/mol. The predicted octanol–water partition coefficient (Wildman–Crippen LogP) is -2.20. The first kappa shape index (κ1) is 50.0. The van der Waals surface area contributed by atoms with Crippen molar-refractivity contribution in [2.24, 2.45) is 23.5 Å². The van der Waals surface area contributed by atoms with Crippen LogP contribution in [-0.2, 0) is 38.4 Å². The number of carbonyl (C=O) groups excluding carboxylic acids is 7. The summed E-state index contributed by atoms with van der Waals surface area (Å²) in [6.07, 6.45) is 1.86. The molecule has 0 bridgehead atoms. The average molecular weight is 817 g/mol. The van der Waals surface area contributed by atoms with Crippen molar-refractivity contribution in [3.05, 3.63) is 0 Å². The molecular formula is C36H64N8O11S. The first-order chi connectivity index (χ1) is 26.2. The third-order valence-corrected chi connectivity index (χ3v) is 10.2. The maximum atomic E-state index is 13.6. The number of aliphatic carboxylic acids is 1. The van der Waals surface area contributed by atoms with E-state index in [2.05, 4.69) is 31.9 Å². The third kappa shape index (κ3) is 15.9. The standard InChI is InChI=1S/C36H64N8O11S/c1-9-20(6)28(34(53)43-29(21(7)46)35(54)39-22(12-14-56-8)30(49)38-16-26(47)48)42-32(51)24(17-45)41-31(50)23(15-18(2)3)40-33(52)25-11-10-13-44(25)36(55)27(37)19(4)5/h18-25,27-29,45-46H,9-17,37H2,1-8H3,(H,38,49)(H,39,54)(H,40,52)(H,41,50)(H,42,51)(H,43,53)(H,47,48)/t20-,21+,22-,23-,24-,25-,27-,28-,29-/m0/s1. The van der Waals surface area contributed by atoms with Crippen LogP contribution in [0.15, 0.2) is 0 Å². The number of nitrogens with two attached hydrogens (primary N) is 1. The summed E-state index contributed by atoms with van der Waals surface area (Å²) in [5.74, 6) is -6.93. The zero-order valence-corrected chi connectivity index (χ0v) is 34.6. The van der Waals surface area contributed by atoms with Gasteiger partial charge in [0.2, 0.25) is 41.4 Å². The minimum atomic E-state index is -1.60. The molecule has 0 saturated carbocycles. The van der Waals surface area contributed by atoms with E-state index in [1.165, 1.54) is 23.6 Å².